The number of nitrogens with zero attached hydrogens (tertiary/aromatic N) is 3. The van der Waals surface area contributed by atoms with E-state index in [1.54, 1.807) is 36.4 Å². The van der Waals surface area contributed by atoms with Gasteiger partial charge in [-0.2, -0.15) is 0 Å². The Morgan fingerprint density at radius 1 is 0.455 bits per heavy atom. The van der Waals surface area contributed by atoms with E-state index >= 15 is 0 Å². The predicted octanol–water partition coefficient (Wildman–Crippen LogP) is 15.6. The molecule has 0 amide bonds. The van der Waals surface area contributed by atoms with Crippen molar-refractivity contribution < 1.29 is 14.0 Å². The summed E-state index contributed by atoms with van der Waals surface area (Å²) in [5.41, 5.74) is 9.74. The number of benzene rings is 6. The van der Waals surface area contributed by atoms with E-state index in [0.29, 0.717) is 29.7 Å². The Balaban J connectivity index is 1.08. The minimum atomic E-state index is -2.75. The minimum absolute atomic E-state index is 0.0207. The van der Waals surface area contributed by atoms with Gasteiger partial charge in [-0.3, -0.25) is 15.0 Å². The van der Waals surface area contributed by atoms with Crippen LogP contribution < -0.4 is 0 Å². The van der Waals surface area contributed by atoms with Crippen LogP contribution in [0.4, 0.5) is 0 Å². The van der Waals surface area contributed by atoms with Crippen LogP contribution in [0.3, 0.4) is 0 Å². The van der Waals surface area contributed by atoms with Crippen molar-refractivity contribution >= 4 is 21.9 Å². The van der Waals surface area contributed by atoms with E-state index in [0.717, 1.165) is 61.1 Å². The van der Waals surface area contributed by atoms with Crippen LogP contribution in [0.5, 0.6) is 0 Å². The Bertz CT molecular complexity index is 3490. The van der Waals surface area contributed by atoms with Crippen molar-refractivity contribution in [2.45, 2.75) is 71.0 Å². The van der Waals surface area contributed by atoms with Gasteiger partial charge in [-0.15, -0.1) is 0 Å². The normalized spacial score (nSPS) is 14.2. The highest BCUT2D eigenvalue weighted by molar-refractivity contribution is 6.06. The highest BCUT2D eigenvalue weighted by atomic mass is 16.3. The van der Waals surface area contributed by atoms with E-state index in [-0.39, 0.29) is 27.8 Å². The number of aryl methyl sites for hydroxylation is 3. The summed E-state index contributed by atoms with van der Waals surface area (Å²) < 4.78 is 71.9. The molecule has 4 nitrogen and oxygen atoms in total. The Labute approximate surface area is 398 Å². The number of rotatable bonds is 13. The van der Waals surface area contributed by atoms with Gasteiger partial charge in [0.15, 0.2) is 0 Å². The third-order valence-corrected chi connectivity index (χ3v) is 12.7. The number of furan rings is 1. The van der Waals surface area contributed by atoms with Crippen LogP contribution in [0, 0.1) is 6.85 Å². The van der Waals surface area contributed by atoms with E-state index < -0.39 is 30.4 Å². The molecule has 0 unspecified atom stereocenters. The average molecular weight is 865 g/mol. The molecule has 0 radical (unpaired) electrons. The molecule has 6 aromatic carbocycles. The fourth-order valence-corrected chi connectivity index (χ4v) is 9.09. The topological polar surface area (TPSA) is 51.8 Å². The zero-order valence-corrected chi connectivity index (χ0v) is 37.6. The summed E-state index contributed by atoms with van der Waals surface area (Å²) in [5, 5.41) is 1.80. The summed E-state index contributed by atoms with van der Waals surface area (Å²) in [4.78, 5) is 14.5. The van der Waals surface area contributed by atoms with Crippen molar-refractivity contribution in [3.63, 3.8) is 0 Å². The molecule has 324 valence electrons. The summed E-state index contributed by atoms with van der Waals surface area (Å²) in [6.07, 6.45) is 0.760. The van der Waals surface area contributed by atoms with Crippen LogP contribution >= 0.6 is 0 Å². The highest BCUT2D eigenvalue weighted by Gasteiger charge is 2.26. The zero-order valence-electron chi connectivity index (χ0n) is 44.6. The van der Waals surface area contributed by atoms with Gasteiger partial charge in [-0.1, -0.05) is 161 Å². The lowest BCUT2D eigenvalue weighted by Gasteiger charge is -2.28. The van der Waals surface area contributed by atoms with Crippen molar-refractivity contribution in [3.8, 4) is 44.9 Å². The lowest BCUT2D eigenvalue weighted by molar-refractivity contribution is 0.512. The number of para-hydroxylation sites is 1. The van der Waals surface area contributed by atoms with Gasteiger partial charge in [0.25, 0.3) is 0 Å². The van der Waals surface area contributed by atoms with Crippen LogP contribution in [0.25, 0.3) is 66.8 Å². The third-order valence-electron chi connectivity index (χ3n) is 12.7. The second-order valence-corrected chi connectivity index (χ2v) is 18.5. The second-order valence-electron chi connectivity index (χ2n) is 18.5. The summed E-state index contributed by atoms with van der Waals surface area (Å²) in [6, 6.07) is 55.7. The first kappa shape index (κ1) is 34.9. The van der Waals surface area contributed by atoms with Gasteiger partial charge in [0.05, 0.1) is 17.1 Å². The predicted molar refractivity (Wildman–Crippen MR) is 274 cm³/mol. The van der Waals surface area contributed by atoms with Crippen molar-refractivity contribution in [1.82, 2.24) is 15.0 Å². The molecule has 4 heterocycles. The number of aromatic nitrogens is 3. The fraction of sp³-hybridized carbons (Fsp3) is 0.177. The molecule has 0 aliphatic carbocycles. The van der Waals surface area contributed by atoms with Crippen LogP contribution in [0.1, 0.15) is 76.2 Å². The molecule has 66 heavy (non-hydrogen) atoms. The van der Waals surface area contributed by atoms with E-state index in [9.17, 15) is 5.48 Å². The smallest absolute Gasteiger partial charge is 0.135 e. The molecule has 0 N–H and O–H groups in total. The quantitative estimate of drug-likeness (QED) is 0.116. The first-order chi connectivity index (χ1) is 34.8. The molecule has 0 atom stereocenters. The zero-order chi connectivity index (χ0) is 51.3. The molecular weight excluding hydrogens is 803 g/mol. The number of pyridine rings is 3. The van der Waals surface area contributed by atoms with Crippen molar-refractivity contribution in [1.29, 1.82) is 0 Å². The lowest BCUT2D eigenvalue weighted by Crippen LogP contribution is -2.23. The average Bonchev–Trinajstić information content (AvgIpc) is 3.76. The van der Waals surface area contributed by atoms with Gasteiger partial charge in [0, 0.05) is 55.6 Å². The van der Waals surface area contributed by atoms with Gasteiger partial charge in [-0.25, -0.2) is 0 Å². The van der Waals surface area contributed by atoms with Crippen molar-refractivity contribution in [2.75, 3.05) is 0 Å². The first-order valence-electron chi connectivity index (χ1n) is 26.0. The molecule has 0 bridgehead atoms. The molecule has 0 saturated carbocycles. The van der Waals surface area contributed by atoms with Crippen molar-refractivity contribution in [2.24, 2.45) is 0 Å². The molecule has 0 aliphatic rings. The van der Waals surface area contributed by atoms with Gasteiger partial charge in [-0.05, 0) is 136 Å². The molecule has 4 aromatic heterocycles. The van der Waals surface area contributed by atoms with Crippen LogP contribution in [-0.4, -0.2) is 15.0 Å². The van der Waals surface area contributed by atoms with Gasteiger partial charge >= 0.3 is 0 Å². The summed E-state index contributed by atoms with van der Waals surface area (Å²) >= 11 is 0. The first-order valence-corrected chi connectivity index (χ1v) is 22.5. The van der Waals surface area contributed by atoms with Gasteiger partial charge < -0.3 is 4.42 Å². The SMILES string of the molecule is [2H]C([2H])([2H])c1ccccc1-c1cc(-c2ccc3oc4ccccc4c3c2)ncc1C([2H])([2H])C([2H])([2H])c1cc(CC(C)(C)c2ccc(-c3ccccc3)nc2)cc(CC(C)(C)c2ccc(-c3ccccc3)nc2)c1. The Hall–Kier alpha value is -7.43. The molecule has 0 aliphatic heterocycles. The molecule has 4 heteroatoms. The second kappa shape index (κ2) is 17.9. The molecule has 0 fully saturated rings. The maximum atomic E-state index is 10.0. The van der Waals surface area contributed by atoms with Gasteiger partial charge in [0.1, 0.15) is 11.2 Å². The molecule has 10 aromatic rings. The van der Waals surface area contributed by atoms with Crippen LogP contribution in [0.2, 0.25) is 0 Å². The standard InChI is InChI=1S/C62H55N3O/c1-42-16-12-13-21-52(42)54-36-58(48-26-31-60-55(35-48)53-22-14-15-23-59(53)66-60)63-39-49(54)25-24-43-32-44(37-61(2,3)50-27-29-56(64-40-50)46-17-8-6-9-18-46)34-45(33-43)38-62(4,5)51-28-30-57(65-41-51)47-19-10-7-11-20-47/h6-23,26-36,39-41H,24-25,37-38H2,1-5H3/i1D3,24D2,25D2. The molecular formula is C62H55N3O. The molecule has 0 saturated heterocycles. The Morgan fingerprint density at radius 3 is 1.64 bits per heavy atom. The van der Waals surface area contributed by atoms with E-state index in [4.69, 9.17) is 23.5 Å². The summed E-state index contributed by atoms with van der Waals surface area (Å²) in [6.45, 7) is 6.02. The van der Waals surface area contributed by atoms with E-state index in [1.807, 2.05) is 128 Å². The molecule has 10 rings (SSSR count). The van der Waals surface area contributed by atoms with Crippen LogP contribution in [-0.2, 0) is 36.4 Å². The van der Waals surface area contributed by atoms with Crippen LogP contribution in [0.15, 0.2) is 199 Å². The van der Waals surface area contributed by atoms with Gasteiger partial charge in [0.2, 0.25) is 0 Å². The van der Waals surface area contributed by atoms with Crippen molar-refractivity contribution in [3.05, 3.63) is 233 Å². The number of fused-ring (bicyclic) bond motifs is 3. The maximum absolute atomic E-state index is 10.0. The Morgan fingerprint density at radius 2 is 1.02 bits per heavy atom. The minimum Gasteiger partial charge on any atom is -0.456 e. The Kier molecular flexibility index (Phi) is 9.45. The van der Waals surface area contributed by atoms with E-state index in [2.05, 4.69) is 45.9 Å². The largest absolute Gasteiger partial charge is 0.456 e. The summed E-state index contributed by atoms with van der Waals surface area (Å²) in [5.74, 6) is 0. The highest BCUT2D eigenvalue weighted by Crippen LogP contribution is 2.37. The monoisotopic (exact) mass is 864 g/mol. The third kappa shape index (κ3) is 8.97. The molecule has 0 spiro atoms. The fourth-order valence-electron chi connectivity index (χ4n) is 9.09. The number of hydrogen-bond acceptors (Lipinski definition) is 4. The number of hydrogen-bond donors (Lipinski definition) is 0. The maximum Gasteiger partial charge on any atom is 0.135 e. The lowest BCUT2D eigenvalue weighted by atomic mass is 9.77. The summed E-state index contributed by atoms with van der Waals surface area (Å²) in [7, 11) is 0. The van der Waals surface area contributed by atoms with E-state index in [1.165, 1.54) is 12.3 Å².